The summed E-state index contributed by atoms with van der Waals surface area (Å²) in [4.78, 5) is 6.91. The first-order valence-electron chi connectivity index (χ1n) is 7.68. The van der Waals surface area contributed by atoms with Crippen molar-refractivity contribution < 1.29 is 4.52 Å². The minimum Gasteiger partial charge on any atom is -0.338 e. The number of rotatable bonds is 7. The van der Waals surface area contributed by atoms with E-state index in [9.17, 15) is 0 Å². The van der Waals surface area contributed by atoms with Crippen LogP contribution in [-0.2, 0) is 13.0 Å². The maximum absolute atomic E-state index is 5.27. The third kappa shape index (κ3) is 4.37. The maximum Gasteiger partial charge on any atom is 0.240 e. The van der Waals surface area contributed by atoms with E-state index in [1.807, 2.05) is 18.2 Å². The first-order valence-corrected chi connectivity index (χ1v) is 7.68. The van der Waals surface area contributed by atoms with Gasteiger partial charge in [-0.25, -0.2) is 0 Å². The van der Waals surface area contributed by atoms with Crippen LogP contribution in [0.5, 0.6) is 0 Å². The molecular formula is C16H22N4O. The minimum absolute atomic E-state index is 0.648. The number of nitrogens with one attached hydrogen (secondary N) is 1. The number of benzene rings is 1. The zero-order valence-corrected chi connectivity index (χ0v) is 12.3. The van der Waals surface area contributed by atoms with Gasteiger partial charge in [-0.05, 0) is 31.5 Å². The van der Waals surface area contributed by atoms with Crippen molar-refractivity contribution in [2.75, 3.05) is 26.2 Å². The zero-order chi connectivity index (χ0) is 14.3. The molecular weight excluding hydrogens is 264 g/mol. The summed E-state index contributed by atoms with van der Waals surface area (Å²) in [5.74, 6) is 1.42. The van der Waals surface area contributed by atoms with Crippen LogP contribution in [-0.4, -0.2) is 41.2 Å². The lowest BCUT2D eigenvalue weighted by Gasteiger charge is -2.13. The predicted octanol–water partition coefficient (Wildman–Crippen LogP) is 1.85. The van der Waals surface area contributed by atoms with Crippen molar-refractivity contribution in [1.82, 2.24) is 20.4 Å². The molecule has 0 unspecified atom stereocenters. The zero-order valence-electron chi connectivity index (χ0n) is 12.3. The smallest absolute Gasteiger partial charge is 0.240 e. The van der Waals surface area contributed by atoms with Gasteiger partial charge in [0, 0.05) is 19.5 Å². The molecule has 21 heavy (non-hydrogen) atoms. The normalized spacial score (nSPS) is 15.6. The molecule has 0 aliphatic carbocycles. The van der Waals surface area contributed by atoms with E-state index in [0.717, 1.165) is 25.3 Å². The molecule has 0 amide bonds. The van der Waals surface area contributed by atoms with Gasteiger partial charge in [0.1, 0.15) is 0 Å². The van der Waals surface area contributed by atoms with Crippen LogP contribution in [0.25, 0.3) is 0 Å². The Morgan fingerprint density at radius 1 is 1.14 bits per heavy atom. The predicted molar refractivity (Wildman–Crippen MR) is 80.9 cm³/mol. The van der Waals surface area contributed by atoms with E-state index in [1.165, 1.54) is 31.5 Å². The van der Waals surface area contributed by atoms with Gasteiger partial charge in [0.25, 0.3) is 0 Å². The molecule has 0 saturated carbocycles. The highest BCUT2D eigenvalue weighted by atomic mass is 16.5. The van der Waals surface area contributed by atoms with Crippen LogP contribution in [0.2, 0.25) is 0 Å². The van der Waals surface area contributed by atoms with E-state index >= 15 is 0 Å². The Morgan fingerprint density at radius 3 is 2.76 bits per heavy atom. The summed E-state index contributed by atoms with van der Waals surface area (Å²) in [7, 11) is 0. The van der Waals surface area contributed by atoms with Gasteiger partial charge in [-0.2, -0.15) is 4.98 Å². The Labute approximate surface area is 125 Å². The largest absolute Gasteiger partial charge is 0.338 e. The highest BCUT2D eigenvalue weighted by Crippen LogP contribution is 2.07. The topological polar surface area (TPSA) is 54.2 Å². The van der Waals surface area contributed by atoms with Crippen molar-refractivity contribution >= 4 is 0 Å². The van der Waals surface area contributed by atoms with E-state index in [4.69, 9.17) is 4.52 Å². The van der Waals surface area contributed by atoms with Crippen LogP contribution in [0.1, 0.15) is 30.1 Å². The summed E-state index contributed by atoms with van der Waals surface area (Å²) in [6.07, 6.45) is 3.40. The van der Waals surface area contributed by atoms with Crippen LogP contribution >= 0.6 is 0 Å². The lowest BCUT2D eigenvalue weighted by molar-refractivity contribution is 0.324. The summed E-state index contributed by atoms with van der Waals surface area (Å²) in [5, 5.41) is 7.40. The second kappa shape index (κ2) is 7.33. The average Bonchev–Trinajstić information content (AvgIpc) is 3.17. The summed E-state index contributed by atoms with van der Waals surface area (Å²) >= 11 is 0. The number of likely N-dealkylation sites (tertiary alicyclic amines) is 1. The summed E-state index contributed by atoms with van der Waals surface area (Å²) < 4.78 is 5.27. The molecule has 0 spiro atoms. The number of nitrogens with zero attached hydrogens (tertiary/aromatic N) is 3. The molecule has 1 aliphatic rings. The molecule has 5 nitrogen and oxygen atoms in total. The molecule has 112 valence electrons. The molecule has 2 aromatic rings. The molecule has 5 heteroatoms. The van der Waals surface area contributed by atoms with Crippen molar-refractivity contribution in [3.8, 4) is 0 Å². The van der Waals surface area contributed by atoms with Crippen LogP contribution in [0.15, 0.2) is 34.9 Å². The molecule has 3 rings (SSSR count). The molecule has 1 aliphatic heterocycles. The Morgan fingerprint density at radius 2 is 1.95 bits per heavy atom. The fourth-order valence-corrected chi connectivity index (χ4v) is 2.65. The Hall–Kier alpha value is -1.72. The molecule has 0 bridgehead atoms. The summed E-state index contributed by atoms with van der Waals surface area (Å²) in [5.41, 5.74) is 1.20. The first-order chi connectivity index (χ1) is 10.4. The fraction of sp³-hybridized carbons (Fsp3) is 0.500. The third-order valence-electron chi connectivity index (χ3n) is 3.79. The van der Waals surface area contributed by atoms with Gasteiger partial charge in [0.05, 0.1) is 6.54 Å². The highest BCUT2D eigenvalue weighted by Gasteiger charge is 2.11. The molecule has 0 radical (unpaired) electrons. The Balaban J connectivity index is 1.40. The molecule has 1 saturated heterocycles. The monoisotopic (exact) mass is 286 g/mol. The SMILES string of the molecule is c1ccc(Cc2noc(CNCCN3CCCC3)n2)cc1. The Kier molecular flexibility index (Phi) is 4.97. The van der Waals surface area contributed by atoms with E-state index < -0.39 is 0 Å². The standard InChI is InChI=1S/C16H22N4O/c1-2-6-14(7-3-1)12-15-18-16(21-19-15)13-17-8-11-20-9-4-5-10-20/h1-3,6-7,17H,4-5,8-13H2. The van der Waals surface area contributed by atoms with Gasteiger partial charge in [0.15, 0.2) is 5.82 Å². The molecule has 1 fully saturated rings. The van der Waals surface area contributed by atoms with Crippen LogP contribution in [0, 0.1) is 0 Å². The van der Waals surface area contributed by atoms with Crippen molar-refractivity contribution in [2.24, 2.45) is 0 Å². The lowest BCUT2D eigenvalue weighted by atomic mass is 10.1. The van der Waals surface area contributed by atoms with E-state index in [0.29, 0.717) is 12.4 Å². The van der Waals surface area contributed by atoms with E-state index in [-0.39, 0.29) is 0 Å². The molecule has 1 aromatic carbocycles. The van der Waals surface area contributed by atoms with Gasteiger partial charge < -0.3 is 14.7 Å². The Bertz CT molecular complexity index is 534. The lowest BCUT2D eigenvalue weighted by Crippen LogP contribution is -2.29. The number of hydrogen-bond donors (Lipinski definition) is 1. The molecule has 1 N–H and O–H groups in total. The molecule has 0 atom stereocenters. The van der Waals surface area contributed by atoms with Gasteiger partial charge in [0.2, 0.25) is 5.89 Å². The molecule has 2 heterocycles. The second-order valence-electron chi connectivity index (χ2n) is 5.49. The summed E-state index contributed by atoms with van der Waals surface area (Å²) in [6.45, 7) is 5.20. The van der Waals surface area contributed by atoms with Gasteiger partial charge in [-0.3, -0.25) is 0 Å². The quantitative estimate of drug-likeness (QED) is 0.787. The van der Waals surface area contributed by atoms with Gasteiger partial charge >= 0.3 is 0 Å². The van der Waals surface area contributed by atoms with E-state index in [2.05, 4.69) is 32.5 Å². The van der Waals surface area contributed by atoms with Crippen LogP contribution in [0.3, 0.4) is 0 Å². The van der Waals surface area contributed by atoms with Crippen molar-refractivity contribution in [3.63, 3.8) is 0 Å². The average molecular weight is 286 g/mol. The third-order valence-corrected chi connectivity index (χ3v) is 3.79. The number of aromatic nitrogens is 2. The number of hydrogen-bond acceptors (Lipinski definition) is 5. The van der Waals surface area contributed by atoms with Crippen molar-refractivity contribution in [2.45, 2.75) is 25.8 Å². The second-order valence-corrected chi connectivity index (χ2v) is 5.49. The van der Waals surface area contributed by atoms with Gasteiger partial charge in [-0.1, -0.05) is 35.5 Å². The molecule has 1 aromatic heterocycles. The van der Waals surface area contributed by atoms with Crippen molar-refractivity contribution in [1.29, 1.82) is 0 Å². The van der Waals surface area contributed by atoms with Crippen molar-refractivity contribution in [3.05, 3.63) is 47.6 Å². The fourth-order valence-electron chi connectivity index (χ4n) is 2.65. The highest BCUT2D eigenvalue weighted by molar-refractivity contribution is 5.18. The minimum atomic E-state index is 0.648. The van der Waals surface area contributed by atoms with Crippen LogP contribution in [0.4, 0.5) is 0 Å². The first kappa shape index (κ1) is 14.2. The van der Waals surface area contributed by atoms with Gasteiger partial charge in [-0.15, -0.1) is 0 Å². The van der Waals surface area contributed by atoms with E-state index in [1.54, 1.807) is 0 Å². The van der Waals surface area contributed by atoms with Crippen LogP contribution < -0.4 is 5.32 Å². The summed E-state index contributed by atoms with van der Waals surface area (Å²) in [6, 6.07) is 10.2. The maximum atomic E-state index is 5.27.